The molecule has 0 aliphatic heterocycles. The summed E-state index contributed by atoms with van der Waals surface area (Å²) in [6.07, 6.45) is 1.80. The van der Waals surface area contributed by atoms with Crippen LogP contribution < -0.4 is 4.74 Å². The number of unbranched alkanes of at least 4 members (excludes halogenated alkanes) is 1. The van der Waals surface area contributed by atoms with Gasteiger partial charge in [-0.15, -0.1) is 0 Å². The van der Waals surface area contributed by atoms with E-state index in [-0.39, 0.29) is 5.69 Å². The van der Waals surface area contributed by atoms with Gasteiger partial charge in [0.05, 0.1) is 12.3 Å². The van der Waals surface area contributed by atoms with Crippen molar-refractivity contribution in [2.75, 3.05) is 6.61 Å². The van der Waals surface area contributed by atoms with Crippen molar-refractivity contribution >= 4 is 5.97 Å². The summed E-state index contributed by atoms with van der Waals surface area (Å²) < 4.78 is 20.5. The van der Waals surface area contributed by atoms with Gasteiger partial charge in [-0.05, 0) is 25.5 Å². The number of halogens is 1. The molecule has 1 aromatic carbocycles. The van der Waals surface area contributed by atoms with Crippen LogP contribution in [-0.2, 0) is 7.05 Å². The van der Waals surface area contributed by atoms with E-state index in [1.54, 1.807) is 14.0 Å². The minimum absolute atomic E-state index is 0.0597. The van der Waals surface area contributed by atoms with Crippen molar-refractivity contribution in [2.24, 2.45) is 7.05 Å². The quantitative estimate of drug-likeness (QED) is 0.831. The molecule has 1 aromatic heterocycles. The molecule has 6 heteroatoms. The molecule has 2 rings (SSSR count). The van der Waals surface area contributed by atoms with Gasteiger partial charge in [0, 0.05) is 24.2 Å². The molecule has 0 spiro atoms. The fraction of sp³-hybridized carbons (Fsp3) is 0.375. The molecule has 0 saturated heterocycles. The minimum Gasteiger partial charge on any atom is -0.493 e. The van der Waals surface area contributed by atoms with E-state index in [0.717, 1.165) is 12.8 Å². The van der Waals surface area contributed by atoms with E-state index in [0.29, 0.717) is 29.2 Å². The van der Waals surface area contributed by atoms with E-state index < -0.39 is 11.8 Å². The Kier molecular flexibility index (Phi) is 4.80. The fourth-order valence-corrected chi connectivity index (χ4v) is 2.37. The van der Waals surface area contributed by atoms with E-state index in [9.17, 15) is 14.3 Å². The lowest BCUT2D eigenvalue weighted by atomic mass is 10.0. The van der Waals surface area contributed by atoms with Gasteiger partial charge in [0.2, 0.25) is 0 Å². The number of aromatic carboxylic acids is 1. The zero-order valence-corrected chi connectivity index (χ0v) is 12.9. The van der Waals surface area contributed by atoms with Gasteiger partial charge in [0.15, 0.2) is 5.69 Å². The van der Waals surface area contributed by atoms with Crippen LogP contribution in [0.3, 0.4) is 0 Å². The van der Waals surface area contributed by atoms with E-state index in [2.05, 4.69) is 5.10 Å². The summed E-state index contributed by atoms with van der Waals surface area (Å²) in [4.78, 5) is 11.5. The maximum Gasteiger partial charge on any atom is 0.354 e. The predicted octanol–water partition coefficient (Wildman–Crippen LogP) is 3.41. The molecule has 0 unspecified atom stereocenters. The number of benzene rings is 1. The number of aryl methyl sites for hydroxylation is 2. The third-order valence-corrected chi connectivity index (χ3v) is 3.39. The molecule has 0 atom stereocenters. The standard InChI is InChI=1S/C16H19FN2O3/c1-4-5-8-22-13-9-11(17)6-7-12(13)14-10(2)18-19(3)15(14)16(20)21/h6-7,9H,4-5,8H2,1-3H3,(H,20,21). The zero-order chi connectivity index (χ0) is 16.3. The number of rotatable bonds is 6. The van der Waals surface area contributed by atoms with E-state index >= 15 is 0 Å². The molecule has 0 radical (unpaired) electrons. The summed E-state index contributed by atoms with van der Waals surface area (Å²) in [6, 6.07) is 4.11. The number of ether oxygens (including phenoxy) is 1. The zero-order valence-electron chi connectivity index (χ0n) is 12.9. The van der Waals surface area contributed by atoms with Crippen molar-refractivity contribution in [1.29, 1.82) is 0 Å². The lowest BCUT2D eigenvalue weighted by Crippen LogP contribution is -2.07. The molecule has 0 saturated carbocycles. The SMILES string of the molecule is CCCCOc1cc(F)ccc1-c1c(C)nn(C)c1C(=O)O. The van der Waals surface area contributed by atoms with Crippen molar-refractivity contribution in [3.05, 3.63) is 35.4 Å². The average molecular weight is 306 g/mol. The van der Waals surface area contributed by atoms with Crippen LogP contribution in [0.25, 0.3) is 11.1 Å². The van der Waals surface area contributed by atoms with Gasteiger partial charge >= 0.3 is 5.97 Å². The van der Waals surface area contributed by atoms with Crippen molar-refractivity contribution in [3.63, 3.8) is 0 Å². The molecule has 2 aromatic rings. The summed E-state index contributed by atoms with van der Waals surface area (Å²) in [7, 11) is 1.57. The normalized spacial score (nSPS) is 10.7. The number of carbonyl (C=O) groups is 1. The number of carboxylic acid groups (broad SMARTS) is 1. The van der Waals surface area contributed by atoms with Crippen LogP contribution in [0, 0.1) is 12.7 Å². The molecule has 1 heterocycles. The van der Waals surface area contributed by atoms with Crippen LogP contribution >= 0.6 is 0 Å². The number of hydrogen-bond acceptors (Lipinski definition) is 3. The van der Waals surface area contributed by atoms with Crippen LogP contribution in [0.2, 0.25) is 0 Å². The predicted molar refractivity (Wildman–Crippen MR) is 80.7 cm³/mol. The molecule has 0 fully saturated rings. The topological polar surface area (TPSA) is 64.4 Å². The summed E-state index contributed by atoms with van der Waals surface area (Å²) in [5, 5.41) is 13.6. The first-order valence-electron chi connectivity index (χ1n) is 7.15. The molecular weight excluding hydrogens is 287 g/mol. The number of nitrogens with zero attached hydrogens (tertiary/aromatic N) is 2. The Morgan fingerprint density at radius 2 is 2.18 bits per heavy atom. The Balaban J connectivity index is 2.55. The first-order chi connectivity index (χ1) is 10.5. The molecular formula is C16H19FN2O3. The highest BCUT2D eigenvalue weighted by Gasteiger charge is 2.23. The smallest absolute Gasteiger partial charge is 0.354 e. The van der Waals surface area contributed by atoms with E-state index in [1.165, 1.54) is 22.9 Å². The summed E-state index contributed by atoms with van der Waals surface area (Å²) in [6.45, 7) is 4.21. The third-order valence-electron chi connectivity index (χ3n) is 3.39. The monoisotopic (exact) mass is 306 g/mol. The number of hydrogen-bond donors (Lipinski definition) is 1. The summed E-state index contributed by atoms with van der Waals surface area (Å²) in [5.41, 5.74) is 1.62. The van der Waals surface area contributed by atoms with Crippen LogP contribution in [-0.4, -0.2) is 27.5 Å². The molecule has 118 valence electrons. The number of carboxylic acids is 1. The lowest BCUT2D eigenvalue weighted by Gasteiger charge is -2.12. The Morgan fingerprint density at radius 1 is 1.45 bits per heavy atom. The molecule has 5 nitrogen and oxygen atoms in total. The molecule has 22 heavy (non-hydrogen) atoms. The molecule has 1 N–H and O–H groups in total. The van der Waals surface area contributed by atoms with Gasteiger partial charge in [0.25, 0.3) is 0 Å². The Labute approximate surface area is 128 Å². The van der Waals surface area contributed by atoms with Gasteiger partial charge in [-0.1, -0.05) is 13.3 Å². The summed E-state index contributed by atoms with van der Waals surface area (Å²) >= 11 is 0. The van der Waals surface area contributed by atoms with E-state index in [4.69, 9.17) is 4.74 Å². The van der Waals surface area contributed by atoms with Crippen LogP contribution in [0.4, 0.5) is 4.39 Å². The van der Waals surface area contributed by atoms with Gasteiger partial charge in [-0.25, -0.2) is 9.18 Å². The maximum absolute atomic E-state index is 13.5. The first-order valence-corrected chi connectivity index (χ1v) is 7.15. The second kappa shape index (κ2) is 6.60. The molecule has 0 amide bonds. The van der Waals surface area contributed by atoms with Crippen molar-refractivity contribution in [2.45, 2.75) is 26.7 Å². The van der Waals surface area contributed by atoms with Crippen molar-refractivity contribution < 1.29 is 19.0 Å². The Bertz CT molecular complexity index is 695. The van der Waals surface area contributed by atoms with Crippen molar-refractivity contribution in [1.82, 2.24) is 9.78 Å². The summed E-state index contributed by atoms with van der Waals surface area (Å²) in [5.74, 6) is -1.16. The average Bonchev–Trinajstić information content (AvgIpc) is 2.74. The molecule has 0 bridgehead atoms. The lowest BCUT2D eigenvalue weighted by molar-refractivity contribution is 0.0686. The maximum atomic E-state index is 13.5. The van der Waals surface area contributed by atoms with Gasteiger partial charge in [0.1, 0.15) is 11.6 Å². The highest BCUT2D eigenvalue weighted by Crippen LogP contribution is 2.35. The Morgan fingerprint density at radius 3 is 2.82 bits per heavy atom. The highest BCUT2D eigenvalue weighted by atomic mass is 19.1. The van der Waals surface area contributed by atoms with Crippen molar-refractivity contribution in [3.8, 4) is 16.9 Å². The molecule has 0 aliphatic rings. The second-order valence-corrected chi connectivity index (χ2v) is 5.08. The minimum atomic E-state index is -1.08. The van der Waals surface area contributed by atoms with Crippen LogP contribution in [0.15, 0.2) is 18.2 Å². The van der Waals surface area contributed by atoms with Gasteiger partial charge in [-0.3, -0.25) is 4.68 Å². The largest absolute Gasteiger partial charge is 0.493 e. The fourth-order valence-electron chi connectivity index (χ4n) is 2.37. The van der Waals surface area contributed by atoms with Gasteiger partial charge < -0.3 is 9.84 Å². The highest BCUT2D eigenvalue weighted by molar-refractivity contribution is 5.96. The van der Waals surface area contributed by atoms with Crippen LogP contribution in [0.1, 0.15) is 35.9 Å². The Hall–Kier alpha value is -2.37. The first kappa shape index (κ1) is 16.0. The number of aromatic nitrogens is 2. The third kappa shape index (κ3) is 3.10. The van der Waals surface area contributed by atoms with Gasteiger partial charge in [-0.2, -0.15) is 5.10 Å². The molecule has 0 aliphatic carbocycles. The second-order valence-electron chi connectivity index (χ2n) is 5.08. The van der Waals surface area contributed by atoms with E-state index in [1.807, 2.05) is 6.92 Å². The van der Waals surface area contributed by atoms with Crippen LogP contribution in [0.5, 0.6) is 5.75 Å².